The molecule has 0 spiro atoms. The zero-order chi connectivity index (χ0) is 17.1. The summed E-state index contributed by atoms with van der Waals surface area (Å²) in [6, 6.07) is 13.9. The highest BCUT2D eigenvalue weighted by molar-refractivity contribution is 5.93. The Bertz CT molecular complexity index is 757. The highest BCUT2D eigenvalue weighted by Gasteiger charge is 2.35. The average molecular weight is 325 g/mol. The predicted octanol–water partition coefficient (Wildman–Crippen LogP) is 2.83. The van der Waals surface area contributed by atoms with Gasteiger partial charge in [-0.15, -0.1) is 0 Å². The van der Waals surface area contributed by atoms with Crippen LogP contribution in [0.15, 0.2) is 48.5 Å². The van der Waals surface area contributed by atoms with Crippen molar-refractivity contribution in [2.24, 2.45) is 0 Å². The van der Waals surface area contributed by atoms with E-state index in [1.165, 1.54) is 0 Å². The first-order valence-electron chi connectivity index (χ1n) is 7.90. The van der Waals surface area contributed by atoms with Crippen LogP contribution in [-0.2, 0) is 16.0 Å². The quantitative estimate of drug-likeness (QED) is 0.639. The molecule has 0 saturated carbocycles. The second-order valence-corrected chi connectivity index (χ2v) is 5.60. The van der Waals surface area contributed by atoms with Crippen LogP contribution in [0, 0.1) is 0 Å². The summed E-state index contributed by atoms with van der Waals surface area (Å²) in [6.45, 7) is 2.13. The van der Waals surface area contributed by atoms with Crippen LogP contribution in [0.3, 0.4) is 0 Å². The molecular weight excluding hydrogens is 306 g/mol. The van der Waals surface area contributed by atoms with Gasteiger partial charge in [-0.05, 0) is 30.7 Å². The summed E-state index contributed by atoms with van der Waals surface area (Å²) in [5.74, 6) is -0.232. The van der Waals surface area contributed by atoms with Gasteiger partial charge in [0.15, 0.2) is 5.75 Å². The number of fused-ring (bicyclic) bond motifs is 1. The molecule has 2 aromatic carbocycles. The molecule has 24 heavy (non-hydrogen) atoms. The molecule has 3 rings (SSSR count). The second-order valence-electron chi connectivity index (χ2n) is 5.60. The van der Waals surface area contributed by atoms with Gasteiger partial charge in [0, 0.05) is 13.5 Å². The lowest BCUT2D eigenvalue weighted by Gasteiger charge is -2.22. The maximum Gasteiger partial charge on any atom is 0.343 e. The smallest absolute Gasteiger partial charge is 0.343 e. The van der Waals surface area contributed by atoms with Crippen LogP contribution < -0.4 is 9.64 Å². The van der Waals surface area contributed by atoms with Crippen LogP contribution in [0.4, 0.5) is 5.69 Å². The molecule has 124 valence electrons. The summed E-state index contributed by atoms with van der Waals surface area (Å²) in [7, 11) is 1.81. The molecule has 0 saturated heterocycles. The minimum atomic E-state index is -0.419. The number of benzene rings is 2. The third-order valence-corrected chi connectivity index (χ3v) is 4.09. The highest BCUT2D eigenvalue weighted by Crippen LogP contribution is 2.39. The van der Waals surface area contributed by atoms with E-state index in [2.05, 4.69) is 0 Å². The molecule has 1 atom stereocenters. The number of hydrogen-bond donors (Lipinski definition) is 0. The molecule has 0 fully saturated rings. The Morgan fingerprint density at radius 1 is 1.12 bits per heavy atom. The van der Waals surface area contributed by atoms with Crippen molar-refractivity contribution in [3.8, 4) is 5.75 Å². The van der Waals surface area contributed by atoms with Gasteiger partial charge in [0.25, 0.3) is 0 Å². The van der Waals surface area contributed by atoms with Crippen LogP contribution in [0.1, 0.15) is 22.8 Å². The Balaban J connectivity index is 1.85. The Morgan fingerprint density at radius 2 is 1.88 bits per heavy atom. The van der Waals surface area contributed by atoms with E-state index in [9.17, 15) is 9.59 Å². The molecule has 0 bridgehead atoms. The maximum atomic E-state index is 12.3. The van der Waals surface area contributed by atoms with E-state index in [0.29, 0.717) is 24.3 Å². The standard InChI is InChI=1S/C19H19NO4/c1-3-23-19(22)15-12-14-10-7-11-16(17(14)20(15)2)24-18(21)13-8-5-4-6-9-13/h4-11,15H,3,12H2,1-2H3. The number of carbonyl (C=O) groups excluding carboxylic acids is 2. The van der Waals surface area contributed by atoms with Gasteiger partial charge in [0.05, 0.1) is 17.9 Å². The molecule has 1 unspecified atom stereocenters. The summed E-state index contributed by atoms with van der Waals surface area (Å²) in [5.41, 5.74) is 2.21. The van der Waals surface area contributed by atoms with E-state index in [4.69, 9.17) is 9.47 Å². The molecule has 5 heteroatoms. The predicted molar refractivity (Wildman–Crippen MR) is 90.4 cm³/mol. The Morgan fingerprint density at radius 3 is 2.58 bits per heavy atom. The lowest BCUT2D eigenvalue weighted by atomic mass is 10.1. The third-order valence-electron chi connectivity index (χ3n) is 4.09. The Labute approximate surface area is 140 Å². The SMILES string of the molecule is CCOC(=O)C1Cc2cccc(OC(=O)c3ccccc3)c2N1C. The number of anilines is 1. The highest BCUT2D eigenvalue weighted by atomic mass is 16.5. The van der Waals surface area contributed by atoms with E-state index in [1.807, 2.05) is 30.1 Å². The third kappa shape index (κ3) is 2.97. The van der Waals surface area contributed by atoms with Crippen LogP contribution in [-0.4, -0.2) is 31.6 Å². The number of rotatable bonds is 4. The van der Waals surface area contributed by atoms with Gasteiger partial charge in [-0.2, -0.15) is 0 Å². The van der Waals surface area contributed by atoms with Crippen molar-refractivity contribution in [2.45, 2.75) is 19.4 Å². The van der Waals surface area contributed by atoms with Gasteiger partial charge in [0.2, 0.25) is 0 Å². The van der Waals surface area contributed by atoms with Gasteiger partial charge < -0.3 is 14.4 Å². The summed E-state index contributed by atoms with van der Waals surface area (Å²) in [6.07, 6.45) is 0.543. The molecule has 1 aliphatic rings. The van der Waals surface area contributed by atoms with Crippen molar-refractivity contribution in [1.82, 2.24) is 0 Å². The number of likely N-dealkylation sites (N-methyl/N-ethyl adjacent to an activating group) is 1. The summed E-state index contributed by atoms with van der Waals surface area (Å²) in [5, 5.41) is 0. The first-order valence-corrected chi connectivity index (χ1v) is 7.90. The first kappa shape index (κ1) is 16.1. The number of hydrogen-bond acceptors (Lipinski definition) is 5. The minimum Gasteiger partial charge on any atom is -0.464 e. The number of para-hydroxylation sites is 1. The van der Waals surface area contributed by atoms with E-state index < -0.39 is 12.0 Å². The zero-order valence-electron chi connectivity index (χ0n) is 13.7. The summed E-state index contributed by atoms with van der Waals surface area (Å²) in [4.78, 5) is 26.2. The molecule has 0 aliphatic carbocycles. The lowest BCUT2D eigenvalue weighted by Crippen LogP contribution is -2.37. The number of esters is 2. The number of ether oxygens (including phenoxy) is 2. The molecule has 0 amide bonds. The number of nitrogens with zero attached hydrogens (tertiary/aromatic N) is 1. The van der Waals surface area contributed by atoms with Crippen LogP contribution in [0.2, 0.25) is 0 Å². The van der Waals surface area contributed by atoms with E-state index in [-0.39, 0.29) is 5.97 Å². The molecule has 2 aromatic rings. The average Bonchev–Trinajstić information content (AvgIpc) is 2.94. The largest absolute Gasteiger partial charge is 0.464 e. The van der Waals surface area contributed by atoms with Gasteiger partial charge in [-0.25, -0.2) is 9.59 Å². The van der Waals surface area contributed by atoms with Crippen molar-refractivity contribution in [3.05, 3.63) is 59.7 Å². The van der Waals surface area contributed by atoms with Crippen LogP contribution >= 0.6 is 0 Å². The van der Waals surface area contributed by atoms with Gasteiger partial charge in [-0.1, -0.05) is 30.3 Å². The van der Waals surface area contributed by atoms with Crippen molar-refractivity contribution >= 4 is 17.6 Å². The Hall–Kier alpha value is -2.82. The lowest BCUT2D eigenvalue weighted by molar-refractivity contribution is -0.144. The summed E-state index contributed by atoms with van der Waals surface area (Å²) < 4.78 is 10.7. The topological polar surface area (TPSA) is 55.8 Å². The first-order chi connectivity index (χ1) is 11.6. The fourth-order valence-electron chi connectivity index (χ4n) is 2.93. The fraction of sp³-hybridized carbons (Fsp3) is 0.263. The normalized spacial score (nSPS) is 15.8. The molecule has 0 radical (unpaired) electrons. The summed E-state index contributed by atoms with van der Waals surface area (Å²) >= 11 is 0. The minimum absolute atomic E-state index is 0.267. The van der Waals surface area contributed by atoms with Gasteiger partial charge >= 0.3 is 11.9 Å². The fourth-order valence-corrected chi connectivity index (χ4v) is 2.93. The van der Waals surface area contributed by atoms with Crippen molar-refractivity contribution < 1.29 is 19.1 Å². The van der Waals surface area contributed by atoms with Crippen molar-refractivity contribution in [3.63, 3.8) is 0 Å². The Kier molecular flexibility index (Phi) is 4.51. The molecule has 1 heterocycles. The van der Waals surface area contributed by atoms with Crippen LogP contribution in [0.5, 0.6) is 5.75 Å². The molecule has 0 N–H and O–H groups in total. The van der Waals surface area contributed by atoms with Gasteiger partial charge in [-0.3, -0.25) is 0 Å². The molecule has 1 aliphatic heterocycles. The number of carbonyl (C=O) groups is 2. The zero-order valence-corrected chi connectivity index (χ0v) is 13.7. The van der Waals surface area contributed by atoms with E-state index in [1.54, 1.807) is 37.3 Å². The molecule has 5 nitrogen and oxygen atoms in total. The molecular formula is C19H19NO4. The van der Waals surface area contributed by atoms with Gasteiger partial charge in [0.1, 0.15) is 6.04 Å². The second kappa shape index (κ2) is 6.74. The van der Waals surface area contributed by atoms with Crippen molar-refractivity contribution in [1.29, 1.82) is 0 Å². The van der Waals surface area contributed by atoms with Crippen molar-refractivity contribution in [2.75, 3.05) is 18.6 Å². The maximum absolute atomic E-state index is 12.3. The monoisotopic (exact) mass is 325 g/mol. The van der Waals surface area contributed by atoms with E-state index >= 15 is 0 Å². The van der Waals surface area contributed by atoms with E-state index in [0.717, 1.165) is 11.3 Å². The van der Waals surface area contributed by atoms with Crippen LogP contribution in [0.25, 0.3) is 0 Å². The molecule has 0 aromatic heterocycles.